The Kier molecular flexibility index (Phi) is 6.03. The number of hydrogen-bond donors (Lipinski definition) is 3. The van der Waals surface area contributed by atoms with Crippen molar-refractivity contribution in [3.05, 3.63) is 42.6 Å². The van der Waals surface area contributed by atoms with E-state index in [9.17, 15) is 9.90 Å². The maximum absolute atomic E-state index is 12.0. The van der Waals surface area contributed by atoms with Gasteiger partial charge in [-0.25, -0.2) is 9.48 Å². The molecular weight excluding hydrogens is 318 g/mol. The van der Waals surface area contributed by atoms with E-state index in [1.807, 2.05) is 30.3 Å². The molecule has 0 saturated carbocycles. The normalized spacial score (nSPS) is 16.4. The molecule has 0 radical (unpaired) electrons. The van der Waals surface area contributed by atoms with Gasteiger partial charge in [0, 0.05) is 25.4 Å². The second kappa shape index (κ2) is 8.64. The van der Waals surface area contributed by atoms with Gasteiger partial charge < -0.3 is 15.3 Å². The summed E-state index contributed by atoms with van der Waals surface area (Å²) < 4.78 is 1.70. The van der Waals surface area contributed by atoms with Crippen molar-refractivity contribution in [2.75, 3.05) is 31.5 Å². The summed E-state index contributed by atoms with van der Waals surface area (Å²) in [7, 11) is 0. The van der Waals surface area contributed by atoms with E-state index in [1.54, 1.807) is 16.9 Å². The summed E-state index contributed by atoms with van der Waals surface area (Å²) in [6.45, 7) is 2.88. The Hall–Kier alpha value is -2.38. The molecule has 1 atom stereocenters. The summed E-state index contributed by atoms with van der Waals surface area (Å²) in [4.78, 5) is 14.2. The molecule has 7 nitrogen and oxygen atoms in total. The van der Waals surface area contributed by atoms with Gasteiger partial charge in [0.15, 0.2) is 5.82 Å². The molecule has 1 aromatic heterocycles. The Labute approximate surface area is 147 Å². The van der Waals surface area contributed by atoms with Gasteiger partial charge in [-0.15, -0.1) is 5.10 Å². The van der Waals surface area contributed by atoms with Crippen LogP contribution in [0, 0.1) is 0 Å². The van der Waals surface area contributed by atoms with Crippen LogP contribution in [-0.4, -0.2) is 58.1 Å². The number of aliphatic hydroxyl groups is 1. The largest absolute Gasteiger partial charge is 0.390 e. The zero-order valence-electron chi connectivity index (χ0n) is 14.3. The van der Waals surface area contributed by atoms with Crippen LogP contribution < -0.4 is 10.6 Å². The fraction of sp³-hybridized carbons (Fsp3) is 0.444. The Balaban J connectivity index is 1.42. The predicted octanol–water partition coefficient (Wildman–Crippen LogP) is 1.84. The van der Waals surface area contributed by atoms with E-state index >= 15 is 0 Å². The molecule has 1 aromatic carbocycles. The predicted molar refractivity (Wildman–Crippen MR) is 96.9 cm³/mol. The number of carbonyl (C=O) groups excluding carboxylic acids is 1. The summed E-state index contributed by atoms with van der Waals surface area (Å²) in [6.07, 6.45) is 4.86. The third kappa shape index (κ3) is 5.30. The Morgan fingerprint density at radius 2 is 1.92 bits per heavy atom. The lowest BCUT2D eigenvalue weighted by Gasteiger charge is -2.28. The van der Waals surface area contributed by atoms with Gasteiger partial charge in [-0.2, -0.15) is 0 Å². The van der Waals surface area contributed by atoms with Gasteiger partial charge in [0.2, 0.25) is 0 Å². The lowest BCUT2D eigenvalue weighted by atomic mass is 10.1. The van der Waals surface area contributed by atoms with Crippen molar-refractivity contribution in [3.63, 3.8) is 0 Å². The van der Waals surface area contributed by atoms with Crippen LogP contribution in [0.4, 0.5) is 10.6 Å². The molecule has 2 aromatic rings. The van der Waals surface area contributed by atoms with E-state index in [1.165, 1.54) is 19.3 Å². The van der Waals surface area contributed by atoms with E-state index in [2.05, 4.69) is 20.6 Å². The van der Waals surface area contributed by atoms with Crippen LogP contribution in [0.25, 0.3) is 5.69 Å². The van der Waals surface area contributed by atoms with Crippen LogP contribution in [-0.2, 0) is 0 Å². The fourth-order valence-electron chi connectivity index (χ4n) is 2.99. The first kappa shape index (κ1) is 17.4. The molecule has 0 aliphatic carbocycles. The summed E-state index contributed by atoms with van der Waals surface area (Å²) in [5.74, 6) is 0.465. The smallest absolute Gasteiger partial charge is 0.320 e. The number of piperidine rings is 1. The summed E-state index contributed by atoms with van der Waals surface area (Å²) in [6, 6.07) is 11.0. The highest BCUT2D eigenvalue weighted by atomic mass is 16.3. The molecule has 0 unspecified atom stereocenters. The van der Waals surface area contributed by atoms with E-state index in [0.717, 1.165) is 18.8 Å². The number of β-amino-alcohol motifs (C(OH)–C–C–N with tert-alkyl or cyclic N) is 1. The first-order chi connectivity index (χ1) is 12.2. The maximum atomic E-state index is 12.0. The van der Waals surface area contributed by atoms with Crippen LogP contribution in [0.5, 0.6) is 0 Å². The van der Waals surface area contributed by atoms with Crippen molar-refractivity contribution < 1.29 is 9.90 Å². The molecule has 3 rings (SSSR count). The molecule has 1 aliphatic heterocycles. The molecular formula is C18H25N5O2. The van der Waals surface area contributed by atoms with E-state index < -0.39 is 6.10 Å². The van der Waals surface area contributed by atoms with Crippen molar-refractivity contribution in [3.8, 4) is 5.69 Å². The van der Waals surface area contributed by atoms with Gasteiger partial charge in [-0.3, -0.25) is 5.32 Å². The number of urea groups is 1. The molecule has 2 heterocycles. The molecule has 0 bridgehead atoms. The number of aliphatic hydroxyl groups excluding tert-OH is 1. The van der Waals surface area contributed by atoms with E-state index in [0.29, 0.717) is 12.4 Å². The Bertz CT molecular complexity index is 667. The highest BCUT2D eigenvalue weighted by Gasteiger charge is 2.15. The van der Waals surface area contributed by atoms with Gasteiger partial charge in [0.1, 0.15) is 0 Å². The van der Waals surface area contributed by atoms with Gasteiger partial charge in [-0.1, -0.05) is 24.6 Å². The van der Waals surface area contributed by atoms with Crippen LogP contribution in [0.1, 0.15) is 19.3 Å². The minimum absolute atomic E-state index is 0.224. The zero-order chi connectivity index (χ0) is 17.5. The van der Waals surface area contributed by atoms with Crippen molar-refractivity contribution >= 4 is 11.8 Å². The topological polar surface area (TPSA) is 82.4 Å². The third-order valence-electron chi connectivity index (χ3n) is 4.27. The second-order valence-electron chi connectivity index (χ2n) is 6.33. The molecule has 134 valence electrons. The lowest BCUT2D eigenvalue weighted by Crippen LogP contribution is -2.43. The molecule has 0 spiro atoms. The number of nitrogens with zero attached hydrogens (tertiary/aromatic N) is 3. The minimum Gasteiger partial charge on any atom is -0.390 e. The monoisotopic (exact) mass is 343 g/mol. The first-order valence-electron chi connectivity index (χ1n) is 8.77. The number of benzene rings is 1. The zero-order valence-corrected chi connectivity index (χ0v) is 14.3. The fourth-order valence-corrected chi connectivity index (χ4v) is 2.99. The number of rotatable bonds is 6. The average molecular weight is 343 g/mol. The Morgan fingerprint density at radius 1 is 1.16 bits per heavy atom. The van der Waals surface area contributed by atoms with Crippen LogP contribution in [0.15, 0.2) is 42.6 Å². The molecule has 7 heteroatoms. The SMILES string of the molecule is O=C(NC[C@@H](O)CN1CCCCC1)Nc1ccn(-c2ccccc2)n1. The maximum Gasteiger partial charge on any atom is 0.320 e. The van der Waals surface area contributed by atoms with Crippen LogP contribution >= 0.6 is 0 Å². The van der Waals surface area contributed by atoms with Crippen LogP contribution in [0.2, 0.25) is 0 Å². The van der Waals surface area contributed by atoms with Crippen LogP contribution in [0.3, 0.4) is 0 Å². The molecule has 1 fully saturated rings. The van der Waals surface area contributed by atoms with Crippen molar-refractivity contribution in [1.82, 2.24) is 20.0 Å². The number of anilines is 1. The second-order valence-corrected chi connectivity index (χ2v) is 6.33. The summed E-state index contributed by atoms with van der Waals surface area (Å²) >= 11 is 0. The number of likely N-dealkylation sites (tertiary alicyclic amines) is 1. The summed E-state index contributed by atoms with van der Waals surface area (Å²) in [5.41, 5.74) is 0.924. The van der Waals surface area contributed by atoms with Crippen molar-refractivity contribution in [1.29, 1.82) is 0 Å². The standard InChI is InChI=1S/C18H25N5O2/c24-16(14-22-10-5-2-6-11-22)13-19-18(25)20-17-9-12-23(21-17)15-7-3-1-4-8-15/h1,3-4,7-9,12,16,24H,2,5-6,10-11,13-14H2,(H2,19,20,21,25)/t16-/m1/s1. The van der Waals surface area contributed by atoms with Gasteiger partial charge >= 0.3 is 6.03 Å². The highest BCUT2D eigenvalue weighted by molar-refractivity contribution is 5.88. The van der Waals surface area contributed by atoms with E-state index in [-0.39, 0.29) is 12.6 Å². The number of hydrogen-bond acceptors (Lipinski definition) is 4. The van der Waals surface area contributed by atoms with Gasteiger partial charge in [0.25, 0.3) is 0 Å². The van der Waals surface area contributed by atoms with Gasteiger partial charge in [-0.05, 0) is 38.1 Å². The average Bonchev–Trinajstić information content (AvgIpc) is 3.10. The molecule has 3 N–H and O–H groups in total. The van der Waals surface area contributed by atoms with Crippen molar-refractivity contribution in [2.45, 2.75) is 25.4 Å². The van der Waals surface area contributed by atoms with Crippen molar-refractivity contribution in [2.24, 2.45) is 0 Å². The number of para-hydroxylation sites is 1. The summed E-state index contributed by atoms with van der Waals surface area (Å²) in [5, 5.41) is 19.8. The molecule has 1 aliphatic rings. The number of amides is 2. The molecule has 25 heavy (non-hydrogen) atoms. The highest BCUT2D eigenvalue weighted by Crippen LogP contribution is 2.10. The lowest BCUT2D eigenvalue weighted by molar-refractivity contribution is 0.102. The Morgan fingerprint density at radius 3 is 2.68 bits per heavy atom. The number of aromatic nitrogens is 2. The minimum atomic E-state index is -0.564. The molecule has 2 amide bonds. The molecule has 1 saturated heterocycles. The third-order valence-corrected chi connectivity index (χ3v) is 4.27. The number of nitrogens with one attached hydrogen (secondary N) is 2. The van der Waals surface area contributed by atoms with E-state index in [4.69, 9.17) is 0 Å². The first-order valence-corrected chi connectivity index (χ1v) is 8.77. The van der Waals surface area contributed by atoms with Gasteiger partial charge in [0.05, 0.1) is 11.8 Å². The quantitative estimate of drug-likeness (QED) is 0.747. The number of carbonyl (C=O) groups is 1.